The maximum atomic E-state index is 12.2. The van der Waals surface area contributed by atoms with Crippen LogP contribution < -0.4 is 4.90 Å². The van der Waals surface area contributed by atoms with Gasteiger partial charge in [-0.3, -0.25) is 4.79 Å². The third kappa shape index (κ3) is 2.68. The zero-order chi connectivity index (χ0) is 15.9. The number of anilines is 1. The van der Waals surface area contributed by atoms with Gasteiger partial charge in [-0.2, -0.15) is 0 Å². The Labute approximate surface area is 139 Å². The predicted octanol–water partition coefficient (Wildman–Crippen LogP) is 1.91. The van der Waals surface area contributed by atoms with Crippen molar-refractivity contribution in [1.29, 1.82) is 0 Å². The van der Waals surface area contributed by atoms with Crippen molar-refractivity contribution in [3.63, 3.8) is 0 Å². The third-order valence-electron chi connectivity index (χ3n) is 4.93. The fourth-order valence-electron chi connectivity index (χ4n) is 3.43. The van der Waals surface area contributed by atoms with E-state index >= 15 is 0 Å². The number of thiophene rings is 1. The topological polar surface area (TPSA) is 58.6 Å². The van der Waals surface area contributed by atoms with Gasteiger partial charge in [-0.15, -0.1) is 11.3 Å². The zero-order valence-corrected chi connectivity index (χ0v) is 14.0. The number of rotatable bonds is 1. The number of piperidine rings is 1. The molecule has 2 aliphatic heterocycles. The van der Waals surface area contributed by atoms with Crippen LogP contribution in [0.1, 0.15) is 19.3 Å². The first-order valence-corrected chi connectivity index (χ1v) is 8.86. The number of ether oxygens (including phenoxy) is 1. The van der Waals surface area contributed by atoms with E-state index in [1.165, 1.54) is 0 Å². The summed E-state index contributed by atoms with van der Waals surface area (Å²) in [5, 5.41) is 2.05. The summed E-state index contributed by atoms with van der Waals surface area (Å²) in [7, 11) is 1.86. The van der Waals surface area contributed by atoms with Crippen LogP contribution in [-0.2, 0) is 9.53 Å². The summed E-state index contributed by atoms with van der Waals surface area (Å²) in [4.78, 5) is 25.1. The van der Waals surface area contributed by atoms with Crippen molar-refractivity contribution in [3.8, 4) is 0 Å². The summed E-state index contributed by atoms with van der Waals surface area (Å²) in [5.41, 5.74) is 0.711. The monoisotopic (exact) mass is 332 g/mol. The van der Waals surface area contributed by atoms with Crippen LogP contribution in [0.5, 0.6) is 0 Å². The molecule has 2 saturated heterocycles. The van der Waals surface area contributed by atoms with Crippen molar-refractivity contribution in [2.75, 3.05) is 38.2 Å². The summed E-state index contributed by atoms with van der Waals surface area (Å²) in [6, 6.07) is 2.03. The molecule has 2 aromatic heterocycles. The van der Waals surface area contributed by atoms with Crippen LogP contribution in [0, 0.1) is 0 Å². The molecule has 122 valence electrons. The van der Waals surface area contributed by atoms with Crippen LogP contribution in [0.2, 0.25) is 0 Å². The maximum absolute atomic E-state index is 12.2. The van der Waals surface area contributed by atoms with Crippen molar-refractivity contribution >= 4 is 33.3 Å². The van der Waals surface area contributed by atoms with Crippen LogP contribution in [-0.4, -0.2) is 59.7 Å². The van der Waals surface area contributed by atoms with Gasteiger partial charge in [0.15, 0.2) is 0 Å². The molecule has 0 unspecified atom stereocenters. The van der Waals surface area contributed by atoms with E-state index < -0.39 is 0 Å². The first-order chi connectivity index (χ1) is 11.2. The molecule has 4 heterocycles. The van der Waals surface area contributed by atoms with Gasteiger partial charge in [-0.1, -0.05) is 0 Å². The van der Waals surface area contributed by atoms with Gasteiger partial charge in [0.05, 0.1) is 28.8 Å². The minimum absolute atomic E-state index is 0.193. The fourth-order valence-corrected chi connectivity index (χ4v) is 4.30. The molecule has 7 heteroatoms. The number of nitrogens with zero attached hydrogens (tertiary/aromatic N) is 4. The largest absolute Gasteiger partial charge is 0.372 e. The minimum atomic E-state index is -0.292. The molecular weight excluding hydrogens is 312 g/mol. The molecule has 0 aliphatic carbocycles. The average Bonchev–Trinajstić information content (AvgIpc) is 2.99. The molecule has 0 bridgehead atoms. The van der Waals surface area contributed by atoms with Crippen LogP contribution in [0.4, 0.5) is 5.82 Å². The molecule has 0 atom stereocenters. The van der Waals surface area contributed by atoms with Crippen molar-refractivity contribution < 1.29 is 9.53 Å². The Morgan fingerprint density at radius 2 is 2.09 bits per heavy atom. The lowest BCUT2D eigenvalue weighted by Gasteiger charge is -2.41. The summed E-state index contributed by atoms with van der Waals surface area (Å²) in [6.07, 6.45) is 3.86. The Hall–Kier alpha value is -1.73. The van der Waals surface area contributed by atoms with E-state index in [-0.39, 0.29) is 11.5 Å². The predicted molar refractivity (Wildman–Crippen MR) is 89.8 cm³/mol. The van der Waals surface area contributed by atoms with Crippen LogP contribution in [0.15, 0.2) is 17.8 Å². The number of hydrogen-bond acceptors (Lipinski definition) is 6. The van der Waals surface area contributed by atoms with Crippen LogP contribution in [0.25, 0.3) is 10.2 Å². The van der Waals surface area contributed by atoms with Crippen molar-refractivity contribution in [2.45, 2.75) is 24.9 Å². The van der Waals surface area contributed by atoms with Gasteiger partial charge < -0.3 is 14.5 Å². The Bertz CT molecular complexity index is 724. The molecule has 1 spiro atoms. The van der Waals surface area contributed by atoms with Gasteiger partial charge in [-0.25, -0.2) is 9.97 Å². The van der Waals surface area contributed by atoms with Gasteiger partial charge in [0.25, 0.3) is 0 Å². The van der Waals surface area contributed by atoms with E-state index in [0.29, 0.717) is 19.6 Å². The van der Waals surface area contributed by atoms with E-state index in [2.05, 4.69) is 20.2 Å². The van der Waals surface area contributed by atoms with E-state index in [1.807, 2.05) is 13.1 Å². The first-order valence-electron chi connectivity index (χ1n) is 7.98. The number of likely N-dealkylation sites (N-methyl/N-ethyl adjacent to an activating group) is 1. The van der Waals surface area contributed by atoms with Crippen LogP contribution >= 0.6 is 11.3 Å². The van der Waals surface area contributed by atoms with Gasteiger partial charge in [0, 0.05) is 26.7 Å². The number of aromatic nitrogens is 2. The molecule has 0 saturated carbocycles. The Morgan fingerprint density at radius 3 is 2.91 bits per heavy atom. The van der Waals surface area contributed by atoms with Gasteiger partial charge in [0.1, 0.15) is 12.1 Å². The second kappa shape index (κ2) is 5.72. The molecule has 0 N–H and O–H groups in total. The number of hydrogen-bond donors (Lipinski definition) is 0. The fraction of sp³-hybridized carbons (Fsp3) is 0.562. The lowest BCUT2D eigenvalue weighted by molar-refractivity contribution is -0.133. The first kappa shape index (κ1) is 14.8. The zero-order valence-electron chi connectivity index (χ0n) is 13.2. The lowest BCUT2D eigenvalue weighted by Crippen LogP contribution is -2.47. The minimum Gasteiger partial charge on any atom is -0.372 e. The molecule has 4 rings (SSSR count). The second-order valence-electron chi connectivity index (χ2n) is 6.34. The van der Waals surface area contributed by atoms with Crippen LogP contribution in [0.3, 0.4) is 0 Å². The van der Waals surface area contributed by atoms with Crippen molar-refractivity contribution in [1.82, 2.24) is 14.9 Å². The van der Waals surface area contributed by atoms with E-state index in [1.54, 1.807) is 22.6 Å². The Morgan fingerprint density at radius 1 is 1.26 bits per heavy atom. The summed E-state index contributed by atoms with van der Waals surface area (Å²) in [6.45, 7) is 3.04. The molecule has 0 aromatic carbocycles. The SMILES string of the molecule is CN1CCOC2(CCN(c3ncnc4ccsc34)CC2)CC1=O. The molecule has 1 amide bonds. The molecule has 2 aromatic rings. The molecule has 2 fully saturated rings. The standard InChI is InChI=1S/C16H20N4O2S/c1-19-7-8-22-16(10-13(19)21)3-5-20(6-4-16)15-14-12(2-9-23-14)17-11-18-15/h2,9,11H,3-8,10H2,1H3. The van der Waals surface area contributed by atoms with Gasteiger partial charge in [-0.05, 0) is 24.3 Å². The third-order valence-corrected chi connectivity index (χ3v) is 5.83. The van der Waals surface area contributed by atoms with Gasteiger partial charge in [0.2, 0.25) is 5.91 Å². The second-order valence-corrected chi connectivity index (χ2v) is 7.26. The highest BCUT2D eigenvalue weighted by molar-refractivity contribution is 7.17. The molecule has 6 nitrogen and oxygen atoms in total. The average molecular weight is 332 g/mol. The summed E-state index contributed by atoms with van der Waals surface area (Å²) >= 11 is 1.68. The molecule has 0 radical (unpaired) electrons. The smallest absolute Gasteiger partial charge is 0.225 e. The van der Waals surface area contributed by atoms with Gasteiger partial charge >= 0.3 is 0 Å². The van der Waals surface area contributed by atoms with Crippen molar-refractivity contribution in [2.24, 2.45) is 0 Å². The number of fused-ring (bicyclic) bond motifs is 1. The molecule has 2 aliphatic rings. The lowest BCUT2D eigenvalue weighted by atomic mass is 9.87. The number of amides is 1. The highest BCUT2D eigenvalue weighted by atomic mass is 32.1. The van der Waals surface area contributed by atoms with E-state index in [9.17, 15) is 4.79 Å². The molecular formula is C16H20N4O2S. The quantitative estimate of drug-likeness (QED) is 0.798. The van der Waals surface area contributed by atoms with E-state index in [4.69, 9.17) is 4.74 Å². The van der Waals surface area contributed by atoms with E-state index in [0.717, 1.165) is 42.0 Å². The highest BCUT2D eigenvalue weighted by Crippen LogP contribution is 2.36. The normalized spacial score (nSPS) is 21.9. The Balaban J connectivity index is 1.53. The maximum Gasteiger partial charge on any atom is 0.225 e. The molecule has 23 heavy (non-hydrogen) atoms. The number of carbonyl (C=O) groups is 1. The Kier molecular flexibility index (Phi) is 3.69. The summed E-state index contributed by atoms with van der Waals surface area (Å²) < 4.78 is 7.25. The number of carbonyl (C=O) groups excluding carboxylic acids is 1. The summed E-state index contributed by atoms with van der Waals surface area (Å²) in [5.74, 6) is 1.20. The van der Waals surface area contributed by atoms with Crippen molar-refractivity contribution in [3.05, 3.63) is 17.8 Å². The highest BCUT2D eigenvalue weighted by Gasteiger charge is 2.40.